The molecule has 0 spiro atoms. The van der Waals surface area contributed by atoms with Gasteiger partial charge in [0.1, 0.15) is 5.20 Å². The summed E-state index contributed by atoms with van der Waals surface area (Å²) < 4.78 is 5.21. The highest BCUT2D eigenvalue weighted by molar-refractivity contribution is 7.88. The molecule has 0 amide bonds. The van der Waals surface area contributed by atoms with E-state index in [9.17, 15) is 0 Å². The normalized spacial score (nSPS) is 12.1. The van der Waals surface area contributed by atoms with Gasteiger partial charge in [-0.2, -0.15) is 0 Å². The summed E-state index contributed by atoms with van der Waals surface area (Å²) in [5.74, 6) is 1.42. The maximum Gasteiger partial charge on any atom is 0.129 e. The van der Waals surface area contributed by atoms with Gasteiger partial charge < -0.3 is 9.13 Å². The molecule has 0 N–H and O–H groups in total. The van der Waals surface area contributed by atoms with E-state index < -0.39 is 6.89 Å². The van der Waals surface area contributed by atoms with Gasteiger partial charge in [-0.1, -0.05) is 183 Å². The second kappa shape index (κ2) is 14.1. The molecule has 0 radical (unpaired) electrons. The highest BCUT2D eigenvalue weighted by Gasteiger charge is 2.32. The Morgan fingerprint density at radius 2 is 0.625 bits per heavy atom. The Labute approximate surface area is 288 Å². The van der Waals surface area contributed by atoms with Gasteiger partial charge in [0.25, 0.3) is 0 Å². The van der Waals surface area contributed by atoms with Gasteiger partial charge in [-0.3, -0.25) is 0 Å². The quantitative estimate of drug-likeness (QED) is 0.138. The van der Waals surface area contributed by atoms with Gasteiger partial charge >= 0.3 is 0 Å². The van der Waals surface area contributed by atoms with Crippen LogP contribution in [0.4, 0.5) is 0 Å². The fourth-order valence-electron chi connectivity index (χ4n) is 7.38. The molecule has 0 fully saturated rings. The zero-order chi connectivity index (χ0) is 34.0. The lowest BCUT2D eigenvalue weighted by Gasteiger charge is -2.32. The molecule has 0 aliphatic carbocycles. The number of nitrogens with zero attached hydrogens (tertiary/aromatic N) is 2. The van der Waals surface area contributed by atoms with Crippen LogP contribution >= 0.6 is 6.89 Å². The van der Waals surface area contributed by atoms with Crippen LogP contribution in [0.2, 0.25) is 0 Å². The molecule has 5 aromatic carbocycles. The van der Waals surface area contributed by atoms with Crippen molar-refractivity contribution in [2.45, 2.75) is 79.1 Å². The summed E-state index contributed by atoms with van der Waals surface area (Å²) in [6, 6.07) is 47.8. The van der Waals surface area contributed by atoms with E-state index in [0.717, 1.165) is 0 Å². The molecule has 0 atom stereocenters. The van der Waals surface area contributed by atoms with Gasteiger partial charge in [0, 0.05) is 19.3 Å². The molecule has 0 saturated carbocycles. The van der Waals surface area contributed by atoms with Crippen LogP contribution in [0.3, 0.4) is 0 Å². The number of para-hydroxylation sites is 2. The first kappa shape index (κ1) is 33.6. The van der Waals surface area contributed by atoms with Crippen molar-refractivity contribution in [1.29, 1.82) is 0 Å². The van der Waals surface area contributed by atoms with Crippen molar-refractivity contribution in [2.75, 3.05) is 0 Å². The standard InChI is InChI=1S/C45H51N2P/c1-32(2)39-26-18-27-40(33(3)4)43(39)46-30-31-47(44-41(34(5)6)28-19-29-42(44)35(7)8)45(46)48(36-20-12-9-13-21-36,37-22-14-10-15-23-37)38-24-16-11-17-25-38/h9-35H,1-8H3. The minimum absolute atomic E-state index is 0.356. The van der Waals surface area contributed by atoms with E-state index in [0.29, 0.717) is 23.7 Å². The molecule has 48 heavy (non-hydrogen) atoms. The molecular formula is C45H51N2P. The molecule has 246 valence electrons. The molecule has 1 aromatic heterocycles. The molecule has 1 heterocycles. The predicted molar refractivity (Wildman–Crippen MR) is 210 cm³/mol. The van der Waals surface area contributed by atoms with E-state index in [-0.39, 0.29) is 0 Å². The fraction of sp³-hybridized carbons (Fsp3) is 0.267. The number of rotatable bonds is 9. The second-order valence-corrected chi connectivity index (χ2v) is 17.5. The molecule has 0 saturated heterocycles. The highest BCUT2D eigenvalue weighted by atomic mass is 31.2. The lowest BCUT2D eigenvalue weighted by atomic mass is 9.92. The third-order valence-corrected chi connectivity index (χ3v) is 13.9. The molecule has 6 rings (SSSR count). The van der Waals surface area contributed by atoms with Gasteiger partial charge in [0.2, 0.25) is 0 Å². The molecule has 6 aromatic rings. The zero-order valence-electron chi connectivity index (χ0n) is 29.9. The van der Waals surface area contributed by atoms with Crippen LogP contribution in [0.15, 0.2) is 140 Å². The van der Waals surface area contributed by atoms with Crippen LogP contribution < -0.4 is 15.9 Å². The van der Waals surface area contributed by atoms with Crippen LogP contribution in [0.1, 0.15) is 101 Å². The van der Waals surface area contributed by atoms with E-state index >= 15 is 0 Å². The fourth-order valence-corrected chi connectivity index (χ4v) is 11.8. The van der Waals surface area contributed by atoms with Crippen molar-refractivity contribution in [3.63, 3.8) is 0 Å². The lowest BCUT2D eigenvalue weighted by Crippen LogP contribution is -2.28. The number of imidazole rings is 1. The van der Waals surface area contributed by atoms with Gasteiger partial charge in [0.05, 0.1) is 11.4 Å². The van der Waals surface area contributed by atoms with Crippen molar-refractivity contribution in [1.82, 2.24) is 9.13 Å². The minimum Gasteiger partial charge on any atom is -0.300 e. The summed E-state index contributed by atoms with van der Waals surface area (Å²) in [7, 11) is 0. The summed E-state index contributed by atoms with van der Waals surface area (Å²) in [4.78, 5) is 0. The van der Waals surface area contributed by atoms with Crippen LogP contribution in [0.5, 0.6) is 0 Å². The SMILES string of the molecule is CC(C)c1cccc(C(C)C)c1-n1ccn(-c2c(C(C)C)cccc2C(C)C)c1=P(c1ccccc1)(c1ccccc1)c1ccccc1. The van der Waals surface area contributed by atoms with Crippen LogP contribution in [0.25, 0.3) is 11.4 Å². The van der Waals surface area contributed by atoms with Gasteiger partial charge in [-0.25, -0.2) is 0 Å². The third kappa shape index (κ3) is 5.86. The Bertz CT molecular complexity index is 1840. The summed E-state index contributed by atoms with van der Waals surface area (Å²) in [5, 5.41) is 5.35. The van der Waals surface area contributed by atoms with Crippen molar-refractivity contribution in [2.24, 2.45) is 0 Å². The van der Waals surface area contributed by atoms with Crippen LogP contribution in [-0.4, -0.2) is 9.13 Å². The number of benzene rings is 5. The molecule has 0 aliphatic rings. The van der Waals surface area contributed by atoms with Crippen LogP contribution in [-0.2, 0) is 0 Å². The number of hydrogen-bond acceptors (Lipinski definition) is 0. The summed E-state index contributed by atoms with van der Waals surface area (Å²) in [6.45, 7) is 16.1. The molecule has 0 unspecified atom stereocenters. The Hall–Kier alpha value is -4.26. The summed E-state index contributed by atoms with van der Waals surface area (Å²) in [5.41, 5.74) is 8.13. The second-order valence-electron chi connectivity index (χ2n) is 14.2. The van der Waals surface area contributed by atoms with Crippen molar-refractivity contribution >= 4 is 22.8 Å². The Morgan fingerprint density at radius 1 is 0.354 bits per heavy atom. The highest BCUT2D eigenvalue weighted by Crippen LogP contribution is 2.50. The average molecular weight is 651 g/mol. The number of hydrogen-bond donors (Lipinski definition) is 0. The largest absolute Gasteiger partial charge is 0.300 e. The maximum atomic E-state index is 2.60. The predicted octanol–water partition coefficient (Wildman–Crippen LogP) is 11.3. The van der Waals surface area contributed by atoms with Gasteiger partial charge in [-0.15, -0.1) is 0 Å². The van der Waals surface area contributed by atoms with Gasteiger partial charge in [0.15, 0.2) is 0 Å². The molecular weight excluding hydrogens is 599 g/mol. The van der Waals surface area contributed by atoms with Gasteiger partial charge in [-0.05, 0) is 61.8 Å². The Morgan fingerprint density at radius 3 is 0.875 bits per heavy atom. The first-order valence-electron chi connectivity index (χ1n) is 17.6. The minimum atomic E-state index is -2.54. The van der Waals surface area contributed by atoms with E-state index in [1.165, 1.54) is 54.7 Å². The first-order chi connectivity index (χ1) is 23.2. The Kier molecular flexibility index (Phi) is 9.86. The lowest BCUT2D eigenvalue weighted by molar-refractivity contribution is 0.784. The molecule has 2 nitrogen and oxygen atoms in total. The monoisotopic (exact) mass is 650 g/mol. The third-order valence-electron chi connectivity index (χ3n) is 9.69. The van der Waals surface area contributed by atoms with E-state index in [1.807, 2.05) is 0 Å². The first-order valence-corrected chi connectivity index (χ1v) is 19.4. The molecule has 3 heteroatoms. The summed E-state index contributed by atoms with van der Waals surface area (Å²) in [6.07, 6.45) is 4.74. The van der Waals surface area contributed by atoms with Crippen LogP contribution in [0, 0.1) is 5.20 Å². The van der Waals surface area contributed by atoms with Crippen molar-refractivity contribution < 1.29 is 0 Å². The zero-order valence-corrected chi connectivity index (χ0v) is 30.8. The smallest absolute Gasteiger partial charge is 0.129 e. The topological polar surface area (TPSA) is 9.86 Å². The van der Waals surface area contributed by atoms with E-state index in [4.69, 9.17) is 0 Å². The number of aromatic nitrogens is 2. The molecule has 0 bridgehead atoms. The van der Waals surface area contributed by atoms with E-state index in [2.05, 4.69) is 204 Å². The maximum absolute atomic E-state index is 2.60. The average Bonchev–Trinajstić information content (AvgIpc) is 3.54. The summed E-state index contributed by atoms with van der Waals surface area (Å²) >= 11 is 0. The van der Waals surface area contributed by atoms with E-state index in [1.54, 1.807) is 0 Å². The Balaban J connectivity index is 2.05. The van der Waals surface area contributed by atoms with Crippen molar-refractivity contribution in [3.05, 3.63) is 167 Å². The molecule has 0 aliphatic heterocycles. The van der Waals surface area contributed by atoms with Crippen molar-refractivity contribution in [3.8, 4) is 11.4 Å².